The van der Waals surface area contributed by atoms with Crippen molar-refractivity contribution < 1.29 is 40.6 Å². The van der Waals surface area contributed by atoms with Crippen molar-refractivity contribution in [2.45, 2.75) is 24.6 Å². The lowest BCUT2D eigenvalue weighted by Crippen LogP contribution is -2.54. The van der Waals surface area contributed by atoms with Gasteiger partial charge in [-0.05, 0) is 0 Å². The first-order valence-electron chi connectivity index (χ1n) is 3.10. The van der Waals surface area contributed by atoms with Crippen LogP contribution in [0.25, 0.3) is 0 Å². The maximum absolute atomic E-state index is 12.8. The molecule has 0 N–H and O–H groups in total. The molecule has 3 nitrogen and oxygen atoms in total. The summed E-state index contributed by atoms with van der Waals surface area (Å²) in [5, 5.41) is 0. The van der Waals surface area contributed by atoms with Gasteiger partial charge < -0.3 is 9.47 Å². The second-order valence-corrected chi connectivity index (χ2v) is 2.35. The third-order valence-electron chi connectivity index (χ3n) is 1.45. The van der Waals surface area contributed by atoms with Gasteiger partial charge in [0.05, 0.1) is 0 Å². The minimum atomic E-state index is -5.47. The van der Waals surface area contributed by atoms with Crippen LogP contribution in [0.15, 0.2) is 0 Å². The molecule has 1 aliphatic heterocycles. The van der Waals surface area contributed by atoms with Gasteiger partial charge in [-0.1, -0.05) is 0 Å². The Morgan fingerprint density at radius 3 is 2.21 bits per heavy atom. The number of cyclic esters (lactones) is 2. The van der Waals surface area contributed by atoms with Gasteiger partial charge in [0.15, 0.2) is 0 Å². The van der Waals surface area contributed by atoms with E-state index < -0.39 is 30.7 Å². The summed E-state index contributed by atoms with van der Waals surface area (Å²) in [5.74, 6) is -10.3. The number of carbonyl (C=O) groups is 1. The van der Waals surface area contributed by atoms with Crippen LogP contribution in [-0.4, -0.2) is 30.7 Å². The Bertz CT molecular complexity index is 256. The summed E-state index contributed by atoms with van der Waals surface area (Å²) in [5.41, 5.74) is 0. The normalized spacial score (nSPS) is 33.1. The molecule has 14 heavy (non-hydrogen) atoms. The van der Waals surface area contributed by atoms with E-state index in [1.54, 1.807) is 0 Å². The molecule has 0 aliphatic carbocycles. The fourth-order valence-corrected chi connectivity index (χ4v) is 0.720. The van der Waals surface area contributed by atoms with Crippen LogP contribution < -0.4 is 0 Å². The molecule has 0 radical (unpaired) electrons. The average molecular weight is 224 g/mol. The predicted molar refractivity (Wildman–Crippen MR) is 27.3 cm³/mol. The van der Waals surface area contributed by atoms with Crippen LogP contribution in [0.5, 0.6) is 0 Å². The minimum Gasteiger partial charge on any atom is -0.392 e. The second-order valence-electron chi connectivity index (χ2n) is 2.35. The van der Waals surface area contributed by atoms with Crippen molar-refractivity contribution >= 4 is 6.16 Å². The van der Waals surface area contributed by atoms with E-state index in [9.17, 15) is 31.1 Å². The predicted octanol–water partition coefficient (Wildman–Crippen LogP) is 2.02. The zero-order chi connectivity index (χ0) is 11.1. The van der Waals surface area contributed by atoms with Crippen LogP contribution in [-0.2, 0) is 9.47 Å². The van der Waals surface area contributed by atoms with Gasteiger partial charge in [-0.15, -0.1) is 0 Å². The van der Waals surface area contributed by atoms with Crippen molar-refractivity contribution in [1.29, 1.82) is 0 Å². The number of hydrogen-bond acceptors (Lipinski definition) is 3. The molecule has 9 heteroatoms. The summed E-state index contributed by atoms with van der Waals surface area (Å²) >= 11 is 0. The molecule has 1 aliphatic rings. The van der Waals surface area contributed by atoms with Gasteiger partial charge in [-0.3, -0.25) is 0 Å². The van der Waals surface area contributed by atoms with E-state index in [2.05, 4.69) is 9.47 Å². The van der Waals surface area contributed by atoms with E-state index in [1.165, 1.54) is 0 Å². The first-order valence-corrected chi connectivity index (χ1v) is 3.10. The molecule has 0 aromatic heterocycles. The lowest BCUT2D eigenvalue weighted by atomic mass is 10.1. The van der Waals surface area contributed by atoms with Crippen molar-refractivity contribution in [1.82, 2.24) is 0 Å². The van der Waals surface area contributed by atoms with Gasteiger partial charge in [-0.2, -0.15) is 17.6 Å². The monoisotopic (exact) mass is 224 g/mol. The Balaban J connectivity index is 3.00. The molecule has 1 fully saturated rings. The summed E-state index contributed by atoms with van der Waals surface area (Å²) in [6, 6.07) is 0. The molecule has 1 rings (SSSR count). The van der Waals surface area contributed by atoms with Gasteiger partial charge in [0, 0.05) is 0 Å². The van der Waals surface area contributed by atoms with Crippen LogP contribution in [0, 0.1) is 0 Å². The number of alkyl halides is 6. The van der Waals surface area contributed by atoms with Crippen LogP contribution in [0.1, 0.15) is 0 Å². The molecule has 0 spiro atoms. The maximum Gasteiger partial charge on any atom is 0.514 e. The van der Waals surface area contributed by atoms with Crippen LogP contribution in [0.3, 0.4) is 0 Å². The quantitative estimate of drug-likeness (QED) is 0.531. The fraction of sp³-hybridized carbons (Fsp3) is 0.800. The Labute approximate surface area is 72.6 Å². The highest BCUT2D eigenvalue weighted by Crippen LogP contribution is 2.45. The minimum absolute atomic E-state index is 2.11. The molecule has 2 atom stereocenters. The standard InChI is InChI=1S/C5H2F6O3/c6-1(7)4(9,10)5(11)2(8)13-3(12)14-5/h1-2H. The lowest BCUT2D eigenvalue weighted by Gasteiger charge is -2.26. The van der Waals surface area contributed by atoms with E-state index in [1.807, 2.05) is 0 Å². The first-order chi connectivity index (χ1) is 6.22. The van der Waals surface area contributed by atoms with Crippen LogP contribution in [0.2, 0.25) is 0 Å². The first kappa shape index (κ1) is 10.9. The number of ether oxygens (including phenoxy) is 2. The zero-order valence-electron chi connectivity index (χ0n) is 6.15. The third-order valence-corrected chi connectivity index (χ3v) is 1.45. The highest BCUT2D eigenvalue weighted by molar-refractivity contribution is 5.63. The van der Waals surface area contributed by atoms with Crippen molar-refractivity contribution in [3.8, 4) is 0 Å². The lowest BCUT2D eigenvalue weighted by molar-refractivity contribution is -0.310. The van der Waals surface area contributed by atoms with Crippen LogP contribution >= 0.6 is 0 Å². The number of hydrogen-bond donors (Lipinski definition) is 0. The Kier molecular flexibility index (Phi) is 2.28. The number of carbonyl (C=O) groups excluding carboxylic acids is 1. The molecule has 82 valence electrons. The molecular weight excluding hydrogens is 222 g/mol. The zero-order valence-corrected chi connectivity index (χ0v) is 6.15. The van der Waals surface area contributed by atoms with E-state index in [-0.39, 0.29) is 0 Å². The SMILES string of the molecule is O=C1OC(F)C(F)(C(F)(F)C(F)F)O1. The molecule has 0 bridgehead atoms. The molecular formula is C5H2F6O3. The van der Waals surface area contributed by atoms with E-state index in [0.29, 0.717) is 0 Å². The van der Waals surface area contributed by atoms with E-state index >= 15 is 0 Å². The van der Waals surface area contributed by atoms with E-state index in [0.717, 1.165) is 0 Å². The second kappa shape index (κ2) is 2.92. The summed E-state index contributed by atoms with van der Waals surface area (Å²) in [4.78, 5) is 10.0. The average Bonchev–Trinajstić information content (AvgIpc) is 2.27. The van der Waals surface area contributed by atoms with Crippen molar-refractivity contribution in [3.05, 3.63) is 0 Å². The van der Waals surface area contributed by atoms with Crippen molar-refractivity contribution in [2.24, 2.45) is 0 Å². The Morgan fingerprint density at radius 2 is 1.93 bits per heavy atom. The largest absolute Gasteiger partial charge is 0.514 e. The molecule has 1 heterocycles. The van der Waals surface area contributed by atoms with Gasteiger partial charge in [0.25, 0.3) is 0 Å². The van der Waals surface area contributed by atoms with Gasteiger partial charge in [0.2, 0.25) is 0 Å². The van der Waals surface area contributed by atoms with Gasteiger partial charge in [-0.25, -0.2) is 13.6 Å². The highest BCUT2D eigenvalue weighted by atomic mass is 19.3. The summed E-state index contributed by atoms with van der Waals surface area (Å²) in [7, 11) is 0. The molecule has 2 unspecified atom stereocenters. The Morgan fingerprint density at radius 1 is 1.43 bits per heavy atom. The maximum atomic E-state index is 12.8. The van der Waals surface area contributed by atoms with Gasteiger partial charge in [0.1, 0.15) is 0 Å². The molecule has 0 amide bonds. The smallest absolute Gasteiger partial charge is 0.392 e. The summed E-state index contributed by atoms with van der Waals surface area (Å²) in [6.07, 6.45) is -10.2. The number of rotatable bonds is 2. The van der Waals surface area contributed by atoms with E-state index in [4.69, 9.17) is 0 Å². The Hall–Kier alpha value is -1.15. The summed E-state index contributed by atoms with van der Waals surface area (Å²) in [6.45, 7) is 0. The third kappa shape index (κ3) is 1.26. The van der Waals surface area contributed by atoms with Gasteiger partial charge >= 0.3 is 30.7 Å². The molecule has 1 saturated heterocycles. The highest BCUT2D eigenvalue weighted by Gasteiger charge is 2.74. The van der Waals surface area contributed by atoms with Crippen molar-refractivity contribution in [2.75, 3.05) is 0 Å². The van der Waals surface area contributed by atoms with Crippen LogP contribution in [0.4, 0.5) is 31.1 Å². The molecule has 0 aromatic carbocycles. The summed E-state index contributed by atoms with van der Waals surface area (Å²) < 4.78 is 79.3. The fourth-order valence-electron chi connectivity index (χ4n) is 0.720. The van der Waals surface area contributed by atoms with Crippen molar-refractivity contribution in [3.63, 3.8) is 0 Å². The topological polar surface area (TPSA) is 35.5 Å². The molecule has 0 saturated carbocycles. The molecule has 0 aromatic rings. The number of halogens is 6.